The average Bonchev–Trinajstić information content (AvgIpc) is 3.37. The highest BCUT2D eigenvalue weighted by Crippen LogP contribution is 2.32. The highest BCUT2D eigenvalue weighted by molar-refractivity contribution is 7.09. The lowest BCUT2D eigenvalue weighted by Gasteiger charge is -2.17. The van der Waals surface area contributed by atoms with Gasteiger partial charge in [0.1, 0.15) is 5.82 Å². The van der Waals surface area contributed by atoms with Gasteiger partial charge in [0.2, 0.25) is 12.7 Å². The number of nitrogens with one attached hydrogen (secondary N) is 1. The summed E-state index contributed by atoms with van der Waals surface area (Å²) >= 11 is 1.67. The maximum absolute atomic E-state index is 12.4. The molecule has 0 saturated carbocycles. The van der Waals surface area contributed by atoms with Crippen LogP contribution in [-0.4, -0.2) is 41.0 Å². The lowest BCUT2D eigenvalue weighted by atomic mass is 10.2. The summed E-state index contributed by atoms with van der Waals surface area (Å²) in [6.07, 6.45) is 1.69. The van der Waals surface area contributed by atoms with Crippen LogP contribution in [0.5, 0.6) is 11.5 Å². The third-order valence-corrected chi connectivity index (χ3v) is 5.03. The number of anilines is 1. The molecule has 0 aliphatic carbocycles. The average molecular weight is 384 g/mol. The van der Waals surface area contributed by atoms with Crippen LogP contribution >= 0.6 is 11.3 Å². The summed E-state index contributed by atoms with van der Waals surface area (Å²) in [5.41, 5.74) is 1.07. The van der Waals surface area contributed by atoms with Gasteiger partial charge in [0.05, 0.1) is 19.3 Å². The Morgan fingerprint density at radius 3 is 3.04 bits per heavy atom. The van der Waals surface area contributed by atoms with E-state index in [0.29, 0.717) is 18.9 Å². The van der Waals surface area contributed by atoms with Gasteiger partial charge in [-0.2, -0.15) is 5.10 Å². The molecule has 0 saturated heterocycles. The molecule has 2 aromatic heterocycles. The van der Waals surface area contributed by atoms with E-state index in [4.69, 9.17) is 9.47 Å². The SMILES string of the molecule is CN(CC(=O)Nc1ccnn1Cc1cccs1)Cc1ccc2c(c1)OCO2. The van der Waals surface area contributed by atoms with Gasteiger partial charge in [-0.15, -0.1) is 11.3 Å². The van der Waals surface area contributed by atoms with Gasteiger partial charge in [0.15, 0.2) is 11.5 Å². The Labute approximate surface area is 161 Å². The number of carbonyl (C=O) groups is 1. The third kappa shape index (κ3) is 4.29. The second-order valence-corrected chi connectivity index (χ2v) is 7.39. The molecule has 27 heavy (non-hydrogen) atoms. The van der Waals surface area contributed by atoms with E-state index in [9.17, 15) is 4.79 Å². The van der Waals surface area contributed by atoms with Gasteiger partial charge in [-0.1, -0.05) is 12.1 Å². The van der Waals surface area contributed by atoms with E-state index < -0.39 is 0 Å². The second kappa shape index (κ2) is 7.81. The molecule has 0 bridgehead atoms. The Morgan fingerprint density at radius 1 is 1.30 bits per heavy atom. The zero-order valence-corrected chi connectivity index (χ0v) is 15.7. The van der Waals surface area contributed by atoms with Crippen LogP contribution in [-0.2, 0) is 17.9 Å². The smallest absolute Gasteiger partial charge is 0.239 e. The van der Waals surface area contributed by atoms with Crippen LogP contribution in [0.15, 0.2) is 48.0 Å². The molecular formula is C19H20N4O3S. The summed E-state index contributed by atoms with van der Waals surface area (Å²) in [6.45, 7) is 1.82. The number of carbonyl (C=O) groups excluding carboxylic acids is 1. The van der Waals surface area contributed by atoms with Gasteiger partial charge in [-0.05, 0) is 36.2 Å². The lowest BCUT2D eigenvalue weighted by Crippen LogP contribution is -2.30. The van der Waals surface area contributed by atoms with E-state index in [2.05, 4.69) is 16.5 Å². The summed E-state index contributed by atoms with van der Waals surface area (Å²) in [5.74, 6) is 2.14. The molecule has 1 amide bonds. The molecule has 1 aliphatic rings. The number of hydrogen-bond acceptors (Lipinski definition) is 6. The minimum absolute atomic E-state index is 0.0776. The molecule has 3 heterocycles. The minimum Gasteiger partial charge on any atom is -0.454 e. The van der Waals surface area contributed by atoms with Crippen molar-refractivity contribution >= 4 is 23.1 Å². The largest absolute Gasteiger partial charge is 0.454 e. The normalized spacial score (nSPS) is 12.5. The number of ether oxygens (including phenoxy) is 2. The first kappa shape index (κ1) is 17.6. The number of aromatic nitrogens is 2. The summed E-state index contributed by atoms with van der Waals surface area (Å²) in [5, 5.41) is 9.26. The molecule has 0 spiro atoms. The fourth-order valence-electron chi connectivity index (χ4n) is 2.95. The molecule has 1 N–H and O–H groups in total. The molecule has 1 aliphatic heterocycles. The van der Waals surface area contributed by atoms with Crippen molar-refractivity contribution in [3.05, 3.63) is 58.4 Å². The number of nitrogens with zero attached hydrogens (tertiary/aromatic N) is 3. The standard InChI is InChI=1S/C19H20N4O3S/c1-22(10-14-4-5-16-17(9-14)26-13-25-16)12-19(24)21-18-6-7-20-23(18)11-15-3-2-8-27-15/h2-9H,10-13H2,1H3,(H,21,24). The second-order valence-electron chi connectivity index (χ2n) is 6.36. The predicted molar refractivity (Wildman–Crippen MR) is 103 cm³/mol. The molecule has 8 heteroatoms. The van der Waals surface area contributed by atoms with Crippen LogP contribution in [0, 0.1) is 0 Å². The van der Waals surface area contributed by atoms with Crippen molar-refractivity contribution in [3.8, 4) is 11.5 Å². The highest BCUT2D eigenvalue weighted by Gasteiger charge is 2.15. The number of rotatable bonds is 7. The molecular weight excluding hydrogens is 364 g/mol. The number of likely N-dealkylation sites (N-methyl/N-ethyl adjacent to an activating group) is 1. The Balaban J connectivity index is 1.32. The van der Waals surface area contributed by atoms with Gasteiger partial charge in [0.25, 0.3) is 0 Å². The molecule has 7 nitrogen and oxygen atoms in total. The fourth-order valence-corrected chi connectivity index (χ4v) is 3.64. The highest BCUT2D eigenvalue weighted by atomic mass is 32.1. The van der Waals surface area contributed by atoms with Crippen molar-refractivity contribution in [2.45, 2.75) is 13.1 Å². The summed E-state index contributed by atoms with van der Waals surface area (Å²) in [4.78, 5) is 15.6. The van der Waals surface area contributed by atoms with Crippen LogP contribution < -0.4 is 14.8 Å². The van der Waals surface area contributed by atoms with Gasteiger partial charge < -0.3 is 14.8 Å². The van der Waals surface area contributed by atoms with Crippen molar-refractivity contribution in [1.82, 2.24) is 14.7 Å². The maximum Gasteiger partial charge on any atom is 0.239 e. The predicted octanol–water partition coefficient (Wildman–Crippen LogP) is 2.79. The van der Waals surface area contributed by atoms with E-state index in [1.54, 1.807) is 22.2 Å². The molecule has 3 aromatic rings. The Kier molecular flexibility index (Phi) is 5.08. The van der Waals surface area contributed by atoms with Crippen molar-refractivity contribution in [3.63, 3.8) is 0 Å². The fraction of sp³-hybridized carbons (Fsp3) is 0.263. The monoisotopic (exact) mass is 384 g/mol. The van der Waals surface area contributed by atoms with Gasteiger partial charge >= 0.3 is 0 Å². The first-order chi connectivity index (χ1) is 13.2. The minimum atomic E-state index is -0.0776. The van der Waals surface area contributed by atoms with Crippen LogP contribution in [0.4, 0.5) is 5.82 Å². The summed E-state index contributed by atoms with van der Waals surface area (Å²) < 4.78 is 12.5. The zero-order valence-electron chi connectivity index (χ0n) is 14.9. The third-order valence-electron chi connectivity index (χ3n) is 4.17. The first-order valence-electron chi connectivity index (χ1n) is 8.58. The number of fused-ring (bicyclic) bond motifs is 1. The quantitative estimate of drug-likeness (QED) is 0.678. The number of benzene rings is 1. The van der Waals surface area contributed by atoms with E-state index >= 15 is 0 Å². The van der Waals surface area contributed by atoms with Crippen molar-refractivity contribution in [2.75, 3.05) is 25.7 Å². The molecule has 0 radical (unpaired) electrons. The topological polar surface area (TPSA) is 68.6 Å². The van der Waals surface area contributed by atoms with E-state index in [-0.39, 0.29) is 19.2 Å². The zero-order chi connectivity index (χ0) is 18.6. The van der Waals surface area contributed by atoms with Gasteiger partial charge in [-0.3, -0.25) is 9.69 Å². The van der Waals surface area contributed by atoms with Gasteiger partial charge in [0, 0.05) is 17.5 Å². The first-order valence-corrected chi connectivity index (χ1v) is 9.46. The Morgan fingerprint density at radius 2 is 2.19 bits per heavy atom. The van der Waals surface area contributed by atoms with E-state index in [1.807, 2.05) is 47.7 Å². The number of hydrogen-bond donors (Lipinski definition) is 1. The maximum atomic E-state index is 12.4. The molecule has 0 atom stereocenters. The summed E-state index contributed by atoms with van der Waals surface area (Å²) in [7, 11) is 1.91. The van der Waals surface area contributed by atoms with Crippen LogP contribution in [0.1, 0.15) is 10.4 Å². The number of amides is 1. The Hall–Kier alpha value is -2.84. The van der Waals surface area contributed by atoms with E-state index in [0.717, 1.165) is 17.1 Å². The molecule has 0 fully saturated rings. The van der Waals surface area contributed by atoms with Crippen LogP contribution in [0.2, 0.25) is 0 Å². The lowest BCUT2D eigenvalue weighted by molar-refractivity contribution is -0.117. The van der Waals surface area contributed by atoms with Gasteiger partial charge in [-0.25, -0.2) is 4.68 Å². The summed E-state index contributed by atoms with van der Waals surface area (Å²) in [6, 6.07) is 11.7. The molecule has 0 unspecified atom stereocenters. The number of thiophene rings is 1. The van der Waals surface area contributed by atoms with Crippen molar-refractivity contribution in [1.29, 1.82) is 0 Å². The van der Waals surface area contributed by atoms with Crippen LogP contribution in [0.25, 0.3) is 0 Å². The van der Waals surface area contributed by atoms with E-state index in [1.165, 1.54) is 4.88 Å². The Bertz CT molecular complexity index is 923. The van der Waals surface area contributed by atoms with Crippen LogP contribution in [0.3, 0.4) is 0 Å². The van der Waals surface area contributed by atoms with Crippen molar-refractivity contribution in [2.24, 2.45) is 0 Å². The molecule has 4 rings (SSSR count). The van der Waals surface area contributed by atoms with Crippen molar-refractivity contribution < 1.29 is 14.3 Å². The molecule has 140 valence electrons. The molecule has 1 aromatic carbocycles.